The smallest absolute Gasteiger partial charge is 0.137 e. The molecule has 12 nitrogen and oxygen atoms in total. The highest BCUT2D eigenvalue weighted by molar-refractivity contribution is 5.56. The van der Waals surface area contributed by atoms with Gasteiger partial charge in [0.15, 0.2) is 0 Å². The Kier molecular flexibility index (Phi) is 33.4. The number of ether oxygens (including phenoxy) is 4. The maximum Gasteiger partial charge on any atom is 0.137 e. The Labute approximate surface area is 682 Å². The Hall–Kier alpha value is -6.78. The quantitative estimate of drug-likeness (QED) is 0.0224. The first-order valence-electron chi connectivity index (χ1n) is 44.6. The van der Waals surface area contributed by atoms with E-state index in [-0.39, 0.29) is 14.9 Å². The first kappa shape index (κ1) is 87.6. The van der Waals surface area contributed by atoms with Crippen LogP contribution in [0.15, 0.2) is 109 Å². The summed E-state index contributed by atoms with van der Waals surface area (Å²) in [5.41, 5.74) is 8.02. The highest BCUT2D eigenvalue weighted by Crippen LogP contribution is 2.35. The summed E-state index contributed by atoms with van der Waals surface area (Å²) >= 11 is 0. The molecule has 0 N–H and O–H groups in total. The molecule has 12 aliphatic rings. The zero-order valence-corrected chi connectivity index (χ0v) is 69.8. The molecule has 0 unspecified atom stereocenters. The Morgan fingerprint density at radius 1 is 0.250 bits per heavy atom. The zero-order chi connectivity index (χ0) is 76.3. The van der Waals surface area contributed by atoms with Crippen molar-refractivity contribution in [3.8, 4) is 70.4 Å². The number of unbranched alkanes of at least 4 members (excludes halogenated alkanes) is 12. The van der Waals surface area contributed by atoms with E-state index in [0.29, 0.717) is 0 Å². The summed E-state index contributed by atoms with van der Waals surface area (Å²) in [4.78, 5) is 0. The van der Waals surface area contributed by atoms with Crippen LogP contribution in [0.2, 0.25) is 0 Å². The topological polar surface area (TPSA) is 36.9 Å². The van der Waals surface area contributed by atoms with E-state index in [1.165, 1.54) is 335 Å². The van der Waals surface area contributed by atoms with Gasteiger partial charge in [-0.2, -0.15) is 0 Å². The number of hydrogen-bond acceptors (Lipinski definition) is 4. The molecular formula is C100H152N8O4+8. The molecule has 0 atom stereocenters. The summed E-state index contributed by atoms with van der Waals surface area (Å²) in [7, 11) is 0. The normalized spacial score (nSPS) is 26.0. The van der Waals surface area contributed by atoms with Gasteiger partial charge in [0.05, 0.1) is 58.0 Å². The average Bonchev–Trinajstić information content (AvgIpc) is 0.783. The second-order valence-corrected chi connectivity index (χ2v) is 35.7. The van der Waals surface area contributed by atoms with Crippen LogP contribution in [-0.2, 0) is 0 Å². The van der Waals surface area contributed by atoms with Gasteiger partial charge in [-0.1, -0.05) is 135 Å². The molecule has 0 spiro atoms. The fourth-order valence-electron chi connectivity index (χ4n) is 20.0. The van der Waals surface area contributed by atoms with Gasteiger partial charge in [-0.3, -0.25) is 0 Å². The van der Waals surface area contributed by atoms with E-state index in [4.69, 9.17) is 18.9 Å². The van der Waals surface area contributed by atoms with E-state index in [1.54, 1.807) is 0 Å². The molecule has 0 radical (unpaired) electrons. The predicted molar refractivity (Wildman–Crippen MR) is 467 cm³/mol. The lowest BCUT2D eigenvalue weighted by molar-refractivity contribution is -1.08. The van der Waals surface area contributed by atoms with Gasteiger partial charge >= 0.3 is 0 Å². The van der Waals surface area contributed by atoms with Crippen LogP contribution in [0.5, 0.6) is 23.0 Å². The van der Waals surface area contributed by atoms with E-state index in [2.05, 4.69) is 191 Å². The lowest BCUT2D eigenvalue weighted by Gasteiger charge is -2.55. The van der Waals surface area contributed by atoms with Gasteiger partial charge in [0.2, 0.25) is 0 Å². The molecule has 8 bridgehead atoms. The van der Waals surface area contributed by atoms with Crippen LogP contribution in [-0.4, -0.2) is 272 Å². The number of fused-ring (bicyclic) bond motifs is 12. The van der Waals surface area contributed by atoms with Crippen LogP contribution in [0.4, 0.5) is 0 Å². The van der Waals surface area contributed by atoms with Crippen molar-refractivity contribution in [1.29, 1.82) is 0 Å². The van der Waals surface area contributed by atoms with Crippen molar-refractivity contribution in [3.63, 3.8) is 0 Å². The first-order valence-corrected chi connectivity index (χ1v) is 44.6. The second kappa shape index (κ2) is 42.7. The number of hydrogen-bond donors (Lipinski definition) is 0. The van der Waals surface area contributed by atoms with Crippen LogP contribution < -0.4 is 18.9 Å². The van der Waals surface area contributed by atoms with Gasteiger partial charge in [-0.15, -0.1) is 5.92 Å². The molecule has 0 saturated carbocycles. The van der Waals surface area contributed by atoms with Crippen molar-refractivity contribution in [2.75, 3.05) is 236 Å². The molecule has 12 fully saturated rings. The van der Waals surface area contributed by atoms with Gasteiger partial charge in [-0.05, 0) is 180 Å². The number of benzene rings is 5. The summed E-state index contributed by atoms with van der Waals surface area (Å²) in [5, 5.41) is 0. The fourth-order valence-corrected chi connectivity index (χ4v) is 20.0. The summed E-state index contributed by atoms with van der Waals surface area (Å²) in [6.45, 7) is 59.0. The average molecular weight is 1530 g/mol. The van der Waals surface area contributed by atoms with E-state index in [0.717, 1.165) is 120 Å². The molecule has 17 rings (SSSR count). The molecule has 608 valence electrons. The molecule has 12 aliphatic heterocycles. The zero-order valence-electron chi connectivity index (χ0n) is 69.8. The number of piperazine rings is 12. The summed E-state index contributed by atoms with van der Waals surface area (Å²) in [6.07, 6.45) is 24.4. The third kappa shape index (κ3) is 24.6. The monoisotopic (exact) mass is 1530 g/mol. The van der Waals surface area contributed by atoms with E-state index < -0.39 is 0 Å². The predicted octanol–water partition coefficient (Wildman–Crippen LogP) is 16.8. The van der Waals surface area contributed by atoms with Gasteiger partial charge in [0, 0.05) is 46.2 Å². The van der Waals surface area contributed by atoms with Gasteiger partial charge in [0.1, 0.15) is 206 Å². The van der Waals surface area contributed by atoms with Crippen LogP contribution in [0, 0.1) is 54.3 Å². The lowest BCUT2D eigenvalue weighted by atomic mass is 10.0. The number of quaternary nitrogens is 8. The molecule has 5 aromatic rings. The molecule has 12 saturated heterocycles. The van der Waals surface area contributed by atoms with Crippen molar-refractivity contribution < 1.29 is 54.8 Å². The maximum absolute atomic E-state index is 6.66. The fraction of sp³-hybridized carbons (Fsp3) is 0.620. The second-order valence-electron chi connectivity index (χ2n) is 35.7. The van der Waals surface area contributed by atoms with Crippen LogP contribution >= 0.6 is 0 Å². The third-order valence-electron chi connectivity index (χ3n) is 28.3. The molecule has 12 heterocycles. The van der Waals surface area contributed by atoms with Crippen molar-refractivity contribution in [1.82, 2.24) is 0 Å². The lowest BCUT2D eigenvalue weighted by Crippen LogP contribution is -2.75. The minimum absolute atomic E-state index is 0. The van der Waals surface area contributed by atoms with Crippen molar-refractivity contribution in [2.24, 2.45) is 0 Å². The Morgan fingerprint density at radius 2 is 0.491 bits per heavy atom. The summed E-state index contributed by atoms with van der Waals surface area (Å²) < 4.78 is 36.3. The first-order chi connectivity index (χ1) is 53.7. The van der Waals surface area contributed by atoms with Gasteiger partial charge in [-0.25, -0.2) is 0 Å². The van der Waals surface area contributed by atoms with Crippen molar-refractivity contribution >= 4 is 0 Å². The summed E-state index contributed by atoms with van der Waals surface area (Å²) in [5.74, 6) is 30.0. The molecule has 112 heavy (non-hydrogen) atoms. The highest BCUT2D eigenvalue weighted by atomic mass is 16.5. The largest absolute Gasteiger partial charge is 0.493 e. The van der Waals surface area contributed by atoms with Gasteiger partial charge < -0.3 is 54.8 Å². The maximum atomic E-state index is 6.66. The summed E-state index contributed by atoms with van der Waals surface area (Å²) in [6, 6.07) is 37.3. The highest BCUT2D eigenvalue weighted by Gasteiger charge is 2.52. The van der Waals surface area contributed by atoms with E-state index in [1.807, 2.05) is 6.92 Å². The van der Waals surface area contributed by atoms with Crippen LogP contribution in [0.25, 0.3) is 0 Å². The van der Waals surface area contributed by atoms with Crippen molar-refractivity contribution in [3.05, 3.63) is 154 Å². The molecular weight excluding hydrogens is 1380 g/mol. The standard InChI is InChI=1S/C52H74N4O2.C46H70N4O2.2CH4/c1-3-5-7-9-29-53-33-39-55(40-34-53,41-35-53)31-11-45-57-51-25-21-49(22-26-51)19-17-47-13-15-48(16-14-47)18-20-50-23-27-52(28-24-50)58-46-12-32-56-42-36-54(37-43-56,38-44-56)30-10-8-6-4-2;1-5-8-10-12-21-47-23-29-49(30-24-47,31-25-47)35-37-51-45-40-44(20-19-43-17-15-42(14-7-3)16-18-43)46(39-41(45)4)52-38-36-50-32-26-48(27-33-50,28-34-50)22-13-11-9-6-2;;/h13-16,21-28H,3-12,29-46H2,1-2H3;15-18,39-40H,5-6,8-13,21-38H2,1-4H3;2*1H4/q2*+4;;. The number of rotatable bonds is 38. The Morgan fingerprint density at radius 3 is 0.768 bits per heavy atom. The van der Waals surface area contributed by atoms with Crippen LogP contribution in [0.3, 0.4) is 0 Å². The molecule has 0 aliphatic carbocycles. The van der Waals surface area contributed by atoms with E-state index >= 15 is 0 Å². The minimum Gasteiger partial charge on any atom is -0.493 e. The Balaban J connectivity index is 0.000000235. The minimum atomic E-state index is 0. The van der Waals surface area contributed by atoms with Gasteiger partial charge in [0.25, 0.3) is 0 Å². The molecule has 5 aromatic carbocycles. The van der Waals surface area contributed by atoms with E-state index in [9.17, 15) is 0 Å². The third-order valence-corrected chi connectivity index (χ3v) is 28.3. The molecule has 0 aromatic heterocycles. The molecule has 0 amide bonds. The van der Waals surface area contributed by atoms with Crippen molar-refractivity contribution in [2.45, 2.75) is 172 Å². The molecule has 12 heteroatoms. The SMILES string of the molecule is C.C.CC#Cc1ccc(C#Cc2cc(OCC[N+]34CC[N+](CCCCCC)(CC3)CC4)c(C)cc2OCC[N+]23CC[N+](CCCCCC)(CC2)CC3)cc1.CCCCCC[N+]12CC[N+](CCCOc3ccc(C#Cc4ccc(C#Cc5ccc(OCCC[N+]67CC[N+](CCCCCC)(CC6)CC7)cc5)cc4)cc3)(CC1)CC2. The van der Waals surface area contributed by atoms with Crippen LogP contribution in [0.1, 0.15) is 210 Å². The number of aryl methyl sites for hydroxylation is 1. The Bertz CT molecular complexity index is 3720. The number of nitrogens with zero attached hydrogens (tertiary/aromatic N) is 8.